The number of methoxy groups -OCH3 is 1. The van der Waals surface area contributed by atoms with Crippen molar-refractivity contribution in [3.05, 3.63) is 21.3 Å². The maximum absolute atomic E-state index is 5.87. The number of nitrogens with one attached hydrogen (secondary N) is 2. The molecule has 0 saturated carbocycles. The number of hydrogen-bond donors (Lipinski definition) is 2. The van der Waals surface area contributed by atoms with Gasteiger partial charge in [0, 0.05) is 18.5 Å². The minimum atomic E-state index is 0.167. The number of thiophene rings is 1. The van der Waals surface area contributed by atoms with Crippen molar-refractivity contribution >= 4 is 40.3 Å². The van der Waals surface area contributed by atoms with Crippen molar-refractivity contribution in [2.75, 3.05) is 20.3 Å². The Hall–Kier alpha value is -0.360. The molecule has 0 aromatic carbocycles. The van der Waals surface area contributed by atoms with Crippen LogP contribution in [0.1, 0.15) is 17.8 Å². The molecule has 0 aliphatic heterocycles. The Balaban J connectivity index is 2.33. The molecule has 1 unspecified atom stereocenters. The Labute approximate surface area is 110 Å². The highest BCUT2D eigenvalue weighted by Gasteiger charge is 2.08. The summed E-state index contributed by atoms with van der Waals surface area (Å²) in [6.07, 6.45) is 0. The fourth-order valence-electron chi connectivity index (χ4n) is 1.15. The molecule has 0 fully saturated rings. The van der Waals surface area contributed by atoms with Gasteiger partial charge in [-0.2, -0.15) is 0 Å². The fraction of sp³-hybridized carbons (Fsp3) is 0.500. The summed E-state index contributed by atoms with van der Waals surface area (Å²) < 4.78 is 5.71. The van der Waals surface area contributed by atoms with Gasteiger partial charge < -0.3 is 15.4 Å². The molecule has 90 valence electrons. The van der Waals surface area contributed by atoms with Crippen molar-refractivity contribution < 1.29 is 4.74 Å². The van der Waals surface area contributed by atoms with Crippen LogP contribution >= 0.6 is 35.2 Å². The van der Waals surface area contributed by atoms with E-state index in [2.05, 4.69) is 10.6 Å². The molecule has 1 aromatic rings. The first-order chi connectivity index (χ1) is 7.63. The van der Waals surface area contributed by atoms with Gasteiger partial charge in [-0.3, -0.25) is 0 Å². The molecule has 6 heteroatoms. The smallest absolute Gasteiger partial charge is 0.166 e. The van der Waals surface area contributed by atoms with Gasteiger partial charge in [-0.05, 0) is 31.3 Å². The van der Waals surface area contributed by atoms with Crippen LogP contribution in [0.5, 0.6) is 0 Å². The molecule has 0 bridgehead atoms. The van der Waals surface area contributed by atoms with Crippen molar-refractivity contribution in [1.29, 1.82) is 0 Å². The summed E-state index contributed by atoms with van der Waals surface area (Å²) in [7, 11) is 1.66. The average molecular weight is 279 g/mol. The summed E-state index contributed by atoms with van der Waals surface area (Å²) in [5, 5.41) is 6.88. The Morgan fingerprint density at radius 3 is 2.94 bits per heavy atom. The second-order valence-corrected chi connectivity index (χ2v) is 5.41. The predicted molar refractivity (Wildman–Crippen MR) is 73.4 cm³/mol. The molecule has 0 radical (unpaired) electrons. The number of ether oxygens (including phenoxy) is 1. The first-order valence-corrected chi connectivity index (χ1v) is 6.52. The van der Waals surface area contributed by atoms with E-state index in [0.717, 1.165) is 4.34 Å². The largest absolute Gasteiger partial charge is 0.383 e. The average Bonchev–Trinajstić information content (AvgIpc) is 2.65. The highest BCUT2D eigenvalue weighted by molar-refractivity contribution is 7.80. The van der Waals surface area contributed by atoms with Gasteiger partial charge in [-0.25, -0.2) is 0 Å². The maximum Gasteiger partial charge on any atom is 0.166 e. The molecule has 0 aliphatic rings. The Morgan fingerprint density at radius 1 is 1.62 bits per heavy atom. The molecule has 0 saturated heterocycles. The molecule has 2 N–H and O–H groups in total. The van der Waals surface area contributed by atoms with Crippen molar-refractivity contribution in [3.63, 3.8) is 0 Å². The molecule has 3 nitrogen and oxygen atoms in total. The third-order valence-corrected chi connectivity index (χ3v) is 3.64. The van der Waals surface area contributed by atoms with Crippen LogP contribution < -0.4 is 10.6 Å². The van der Waals surface area contributed by atoms with Crippen molar-refractivity contribution in [2.45, 2.75) is 13.0 Å². The van der Waals surface area contributed by atoms with Crippen LogP contribution in [0.4, 0.5) is 0 Å². The van der Waals surface area contributed by atoms with Crippen molar-refractivity contribution in [2.24, 2.45) is 0 Å². The predicted octanol–water partition coefficient (Wildman–Crippen LogP) is 2.57. The van der Waals surface area contributed by atoms with Crippen LogP contribution in [0.15, 0.2) is 12.1 Å². The number of rotatable bonds is 5. The molecule has 1 rings (SSSR count). The number of thiocarbonyl (C=S) groups is 1. The Morgan fingerprint density at radius 2 is 2.38 bits per heavy atom. The maximum atomic E-state index is 5.87. The summed E-state index contributed by atoms with van der Waals surface area (Å²) >= 11 is 12.6. The van der Waals surface area contributed by atoms with E-state index in [4.69, 9.17) is 28.6 Å². The summed E-state index contributed by atoms with van der Waals surface area (Å²) in [6.45, 7) is 3.40. The third-order valence-electron chi connectivity index (χ3n) is 1.96. The quantitative estimate of drug-likeness (QED) is 0.641. The van der Waals surface area contributed by atoms with Gasteiger partial charge in [0.05, 0.1) is 17.0 Å². The Bertz CT molecular complexity index is 343. The molecular formula is C10H15ClN2OS2. The fourth-order valence-corrected chi connectivity index (χ4v) is 2.49. The van der Waals surface area contributed by atoms with E-state index < -0.39 is 0 Å². The van der Waals surface area contributed by atoms with Gasteiger partial charge in [0.2, 0.25) is 0 Å². The second kappa shape index (κ2) is 7.06. The molecule has 0 amide bonds. The van der Waals surface area contributed by atoms with Gasteiger partial charge in [0.25, 0.3) is 0 Å². The van der Waals surface area contributed by atoms with E-state index >= 15 is 0 Å². The lowest BCUT2D eigenvalue weighted by Crippen LogP contribution is -2.38. The van der Waals surface area contributed by atoms with E-state index in [1.807, 2.05) is 19.1 Å². The van der Waals surface area contributed by atoms with Gasteiger partial charge in [0.1, 0.15) is 0 Å². The second-order valence-electron chi connectivity index (χ2n) is 3.26. The van der Waals surface area contributed by atoms with Gasteiger partial charge in [-0.15, -0.1) is 11.3 Å². The SMILES string of the molecule is COCCNC(=S)NC(C)c1ccc(Cl)s1. The molecule has 1 atom stereocenters. The first-order valence-electron chi connectivity index (χ1n) is 4.92. The highest BCUT2D eigenvalue weighted by Crippen LogP contribution is 2.26. The van der Waals surface area contributed by atoms with Crippen LogP contribution in [-0.4, -0.2) is 25.4 Å². The lowest BCUT2D eigenvalue weighted by Gasteiger charge is -2.15. The zero-order valence-electron chi connectivity index (χ0n) is 9.25. The standard InChI is InChI=1S/C10H15ClN2OS2/c1-7(8-3-4-9(11)16-8)13-10(15)12-5-6-14-2/h3-4,7H,5-6H2,1-2H3,(H2,12,13,15). The normalized spacial score (nSPS) is 12.2. The van der Waals surface area contributed by atoms with Gasteiger partial charge >= 0.3 is 0 Å². The summed E-state index contributed by atoms with van der Waals surface area (Å²) in [6, 6.07) is 4.06. The lowest BCUT2D eigenvalue weighted by molar-refractivity contribution is 0.204. The van der Waals surface area contributed by atoms with Crippen LogP contribution in [0.3, 0.4) is 0 Å². The van der Waals surface area contributed by atoms with E-state index in [0.29, 0.717) is 18.3 Å². The van der Waals surface area contributed by atoms with Gasteiger partial charge in [-0.1, -0.05) is 11.6 Å². The minimum absolute atomic E-state index is 0.167. The minimum Gasteiger partial charge on any atom is -0.383 e. The van der Waals surface area contributed by atoms with Crippen LogP contribution in [0.2, 0.25) is 4.34 Å². The third kappa shape index (κ3) is 4.65. The highest BCUT2D eigenvalue weighted by atomic mass is 35.5. The van der Waals surface area contributed by atoms with Crippen molar-refractivity contribution in [3.8, 4) is 0 Å². The lowest BCUT2D eigenvalue weighted by atomic mass is 10.3. The monoisotopic (exact) mass is 278 g/mol. The molecule has 1 heterocycles. The van der Waals surface area contributed by atoms with Crippen LogP contribution in [0, 0.1) is 0 Å². The van der Waals surface area contributed by atoms with E-state index in [-0.39, 0.29) is 6.04 Å². The molecule has 16 heavy (non-hydrogen) atoms. The zero-order chi connectivity index (χ0) is 12.0. The van der Waals surface area contributed by atoms with E-state index in [1.54, 1.807) is 18.4 Å². The summed E-state index contributed by atoms with van der Waals surface area (Å²) in [4.78, 5) is 1.17. The van der Waals surface area contributed by atoms with E-state index in [9.17, 15) is 0 Å². The van der Waals surface area contributed by atoms with Gasteiger partial charge in [0.15, 0.2) is 5.11 Å². The molecule has 0 spiro atoms. The number of hydrogen-bond acceptors (Lipinski definition) is 3. The number of halogens is 1. The topological polar surface area (TPSA) is 33.3 Å². The molecule has 1 aromatic heterocycles. The van der Waals surface area contributed by atoms with Crippen molar-refractivity contribution in [1.82, 2.24) is 10.6 Å². The van der Waals surface area contributed by atoms with Crippen LogP contribution in [-0.2, 0) is 4.74 Å². The zero-order valence-corrected chi connectivity index (χ0v) is 11.6. The Kier molecular flexibility index (Phi) is 6.05. The van der Waals surface area contributed by atoms with Crippen LogP contribution in [0.25, 0.3) is 0 Å². The summed E-state index contributed by atoms with van der Waals surface area (Å²) in [5.41, 5.74) is 0. The van der Waals surface area contributed by atoms with E-state index in [1.165, 1.54) is 4.88 Å². The summed E-state index contributed by atoms with van der Waals surface area (Å²) in [5.74, 6) is 0. The molecule has 0 aliphatic carbocycles. The molecular weight excluding hydrogens is 264 g/mol. The first kappa shape index (κ1) is 13.7.